The van der Waals surface area contributed by atoms with Gasteiger partial charge in [0.25, 0.3) is 5.91 Å². The lowest BCUT2D eigenvalue weighted by Gasteiger charge is -2.31. The number of carbonyl (C=O) groups excluding carboxylic acids is 1. The van der Waals surface area contributed by atoms with E-state index in [1.54, 1.807) is 24.3 Å². The first-order valence-corrected chi connectivity index (χ1v) is 6.50. The Bertz CT molecular complexity index is 406. The van der Waals surface area contributed by atoms with Gasteiger partial charge in [-0.3, -0.25) is 4.79 Å². The van der Waals surface area contributed by atoms with Crippen molar-refractivity contribution in [1.82, 2.24) is 5.32 Å². The molecule has 0 aliphatic rings. The van der Waals surface area contributed by atoms with Crippen LogP contribution in [-0.2, 0) is 6.61 Å². The van der Waals surface area contributed by atoms with Crippen molar-refractivity contribution in [3.63, 3.8) is 0 Å². The Labute approximate surface area is 114 Å². The smallest absolute Gasteiger partial charge is 0.251 e. The summed E-state index contributed by atoms with van der Waals surface area (Å²) >= 11 is 0. The zero-order valence-electron chi connectivity index (χ0n) is 11.8. The second-order valence-electron chi connectivity index (χ2n) is 5.76. The van der Waals surface area contributed by atoms with Crippen LogP contribution in [-0.4, -0.2) is 28.8 Å². The number of amides is 1. The molecule has 4 heteroatoms. The van der Waals surface area contributed by atoms with Crippen LogP contribution < -0.4 is 5.32 Å². The molecule has 106 valence electrons. The van der Waals surface area contributed by atoms with E-state index in [0.717, 1.165) is 5.56 Å². The molecule has 3 N–H and O–H groups in total. The molecule has 4 nitrogen and oxygen atoms in total. The molecular formula is C15H23NO3. The molecule has 1 aromatic rings. The van der Waals surface area contributed by atoms with Gasteiger partial charge in [0.15, 0.2) is 0 Å². The van der Waals surface area contributed by atoms with Crippen LogP contribution in [0, 0.1) is 5.41 Å². The van der Waals surface area contributed by atoms with Crippen LogP contribution in [0.2, 0.25) is 0 Å². The lowest BCUT2D eigenvalue weighted by molar-refractivity contribution is 0.0885. The first kappa shape index (κ1) is 15.7. The summed E-state index contributed by atoms with van der Waals surface area (Å²) in [4.78, 5) is 12.1. The number of aliphatic hydroxyl groups is 2. The first-order chi connectivity index (χ1) is 8.88. The van der Waals surface area contributed by atoms with E-state index in [1.165, 1.54) is 0 Å². The molecule has 19 heavy (non-hydrogen) atoms. The fourth-order valence-corrected chi connectivity index (χ4v) is 1.85. The second kappa shape index (κ2) is 6.68. The van der Waals surface area contributed by atoms with Gasteiger partial charge in [-0.1, -0.05) is 32.9 Å². The summed E-state index contributed by atoms with van der Waals surface area (Å²) in [6.07, 6.45) is 0.532. The fourth-order valence-electron chi connectivity index (χ4n) is 1.85. The number of hydrogen-bond donors (Lipinski definition) is 3. The highest BCUT2D eigenvalue weighted by Crippen LogP contribution is 2.22. The largest absolute Gasteiger partial charge is 0.396 e. The maximum atomic E-state index is 12.1. The highest BCUT2D eigenvalue weighted by atomic mass is 16.3. The lowest BCUT2D eigenvalue weighted by atomic mass is 9.84. The number of nitrogens with one attached hydrogen (secondary N) is 1. The van der Waals surface area contributed by atoms with Crippen molar-refractivity contribution in [3.05, 3.63) is 35.4 Å². The predicted molar refractivity (Wildman–Crippen MR) is 74.8 cm³/mol. The maximum absolute atomic E-state index is 12.1. The monoisotopic (exact) mass is 265 g/mol. The normalized spacial score (nSPS) is 13.1. The molecule has 1 aromatic carbocycles. The van der Waals surface area contributed by atoms with Crippen LogP contribution in [0.1, 0.15) is 43.1 Å². The van der Waals surface area contributed by atoms with Crippen LogP contribution in [0.15, 0.2) is 24.3 Å². The standard InChI is InChI=1S/C15H23NO3/c1-15(2,3)13(8-9-17)16-14(19)12-6-4-11(10-18)5-7-12/h4-7,13,17-18H,8-10H2,1-3H3,(H,16,19). The topological polar surface area (TPSA) is 69.6 Å². The van der Waals surface area contributed by atoms with Crippen LogP contribution in [0.25, 0.3) is 0 Å². The van der Waals surface area contributed by atoms with Crippen molar-refractivity contribution < 1.29 is 15.0 Å². The minimum absolute atomic E-state index is 0.0307. The molecule has 0 saturated carbocycles. The van der Waals surface area contributed by atoms with Gasteiger partial charge < -0.3 is 15.5 Å². The van der Waals surface area contributed by atoms with Gasteiger partial charge in [-0.15, -0.1) is 0 Å². The molecular weight excluding hydrogens is 242 g/mol. The van der Waals surface area contributed by atoms with Gasteiger partial charge in [-0.2, -0.15) is 0 Å². The molecule has 1 unspecified atom stereocenters. The summed E-state index contributed by atoms with van der Waals surface area (Å²) in [7, 11) is 0. The minimum Gasteiger partial charge on any atom is -0.396 e. The maximum Gasteiger partial charge on any atom is 0.251 e. The quantitative estimate of drug-likeness (QED) is 0.759. The van der Waals surface area contributed by atoms with Gasteiger partial charge in [0.05, 0.1) is 6.61 Å². The van der Waals surface area contributed by atoms with E-state index in [4.69, 9.17) is 10.2 Å². The van der Waals surface area contributed by atoms with Crippen LogP contribution in [0.3, 0.4) is 0 Å². The van der Waals surface area contributed by atoms with E-state index in [2.05, 4.69) is 5.32 Å². The van der Waals surface area contributed by atoms with Crippen molar-refractivity contribution in [2.75, 3.05) is 6.61 Å². The van der Waals surface area contributed by atoms with Crippen molar-refractivity contribution in [2.24, 2.45) is 5.41 Å². The number of rotatable bonds is 5. The molecule has 1 rings (SSSR count). The van der Waals surface area contributed by atoms with Crippen molar-refractivity contribution in [3.8, 4) is 0 Å². The first-order valence-electron chi connectivity index (χ1n) is 6.50. The molecule has 0 radical (unpaired) electrons. The SMILES string of the molecule is CC(C)(C)C(CCO)NC(=O)c1ccc(CO)cc1. The summed E-state index contributed by atoms with van der Waals surface area (Å²) < 4.78 is 0. The van der Waals surface area contributed by atoms with E-state index < -0.39 is 0 Å². The fraction of sp³-hybridized carbons (Fsp3) is 0.533. The molecule has 0 saturated heterocycles. The Morgan fingerprint density at radius 1 is 1.21 bits per heavy atom. The summed E-state index contributed by atoms with van der Waals surface area (Å²) in [6, 6.07) is 6.77. The van der Waals surface area contributed by atoms with E-state index in [9.17, 15) is 4.79 Å². The number of carbonyl (C=O) groups is 1. The van der Waals surface area contributed by atoms with E-state index in [-0.39, 0.29) is 30.6 Å². The van der Waals surface area contributed by atoms with Crippen molar-refractivity contribution >= 4 is 5.91 Å². The zero-order valence-corrected chi connectivity index (χ0v) is 11.8. The molecule has 0 aliphatic heterocycles. The van der Waals surface area contributed by atoms with Gasteiger partial charge in [0.2, 0.25) is 0 Å². The Hall–Kier alpha value is -1.39. The summed E-state index contributed by atoms with van der Waals surface area (Å²) in [5, 5.41) is 21.0. The molecule has 0 aromatic heterocycles. The van der Waals surface area contributed by atoms with Gasteiger partial charge in [-0.05, 0) is 29.5 Å². The third kappa shape index (κ3) is 4.65. The van der Waals surface area contributed by atoms with Crippen LogP contribution in [0.4, 0.5) is 0 Å². The van der Waals surface area contributed by atoms with Crippen LogP contribution >= 0.6 is 0 Å². The van der Waals surface area contributed by atoms with Gasteiger partial charge >= 0.3 is 0 Å². The average molecular weight is 265 g/mol. The van der Waals surface area contributed by atoms with E-state index in [1.807, 2.05) is 20.8 Å². The molecule has 1 atom stereocenters. The molecule has 0 spiro atoms. The number of benzene rings is 1. The average Bonchev–Trinajstić information content (AvgIpc) is 2.37. The Kier molecular flexibility index (Phi) is 5.51. The van der Waals surface area contributed by atoms with E-state index in [0.29, 0.717) is 12.0 Å². The second-order valence-corrected chi connectivity index (χ2v) is 5.76. The molecule has 0 aliphatic carbocycles. The summed E-state index contributed by atoms with van der Waals surface area (Å²) in [5.74, 6) is -0.155. The van der Waals surface area contributed by atoms with Crippen LogP contribution in [0.5, 0.6) is 0 Å². The number of hydrogen-bond acceptors (Lipinski definition) is 3. The molecule has 0 fully saturated rings. The van der Waals surface area contributed by atoms with Crippen molar-refractivity contribution in [2.45, 2.75) is 39.8 Å². The Morgan fingerprint density at radius 3 is 2.21 bits per heavy atom. The zero-order chi connectivity index (χ0) is 14.5. The molecule has 1 amide bonds. The minimum atomic E-state index is -0.155. The molecule has 0 heterocycles. The predicted octanol–water partition coefficient (Wildman–Crippen LogP) is 1.71. The third-order valence-corrected chi connectivity index (χ3v) is 3.17. The summed E-state index contributed by atoms with van der Waals surface area (Å²) in [5.41, 5.74) is 1.23. The Morgan fingerprint density at radius 2 is 1.79 bits per heavy atom. The number of aliphatic hydroxyl groups excluding tert-OH is 2. The van der Waals surface area contributed by atoms with Gasteiger partial charge in [0.1, 0.15) is 0 Å². The highest BCUT2D eigenvalue weighted by Gasteiger charge is 2.25. The highest BCUT2D eigenvalue weighted by molar-refractivity contribution is 5.94. The Balaban J connectivity index is 2.75. The third-order valence-electron chi connectivity index (χ3n) is 3.17. The molecule has 0 bridgehead atoms. The van der Waals surface area contributed by atoms with Gasteiger partial charge in [0, 0.05) is 18.2 Å². The summed E-state index contributed by atoms with van der Waals surface area (Å²) in [6.45, 7) is 6.11. The van der Waals surface area contributed by atoms with Crippen molar-refractivity contribution in [1.29, 1.82) is 0 Å². The van der Waals surface area contributed by atoms with E-state index >= 15 is 0 Å². The lowest BCUT2D eigenvalue weighted by Crippen LogP contribution is -2.44. The van der Waals surface area contributed by atoms with Gasteiger partial charge in [-0.25, -0.2) is 0 Å².